The number of rotatable bonds is 3. The van der Waals surface area contributed by atoms with Gasteiger partial charge < -0.3 is 10.2 Å². The molecule has 19 heavy (non-hydrogen) atoms. The third-order valence-corrected chi connectivity index (χ3v) is 4.65. The molecule has 0 spiro atoms. The molecule has 0 aliphatic carbocycles. The highest BCUT2D eigenvalue weighted by Gasteiger charge is 2.21. The van der Waals surface area contributed by atoms with E-state index >= 15 is 0 Å². The number of carbonyl (C=O) groups is 1. The molecule has 0 aromatic heterocycles. The Kier molecular flexibility index (Phi) is 5.42. The summed E-state index contributed by atoms with van der Waals surface area (Å²) in [5.74, 6) is -0.00359. The number of likely N-dealkylation sites (N-methyl/N-ethyl adjacent to an activating group) is 1. The maximum atomic E-state index is 12.3. The van der Waals surface area contributed by atoms with E-state index < -0.39 is 0 Å². The molecule has 1 N–H and O–H groups in total. The van der Waals surface area contributed by atoms with E-state index in [1.165, 1.54) is 0 Å². The smallest absolute Gasteiger partial charge is 0.252 e. The molecule has 0 bridgehead atoms. The quantitative estimate of drug-likeness (QED) is 0.858. The Labute approximate surface area is 131 Å². The van der Waals surface area contributed by atoms with Gasteiger partial charge >= 0.3 is 0 Å². The zero-order valence-corrected chi connectivity index (χ0v) is 14.1. The van der Waals surface area contributed by atoms with Crippen LogP contribution in [0.15, 0.2) is 27.1 Å². The lowest BCUT2D eigenvalue weighted by atomic mass is 10.1. The van der Waals surface area contributed by atoms with Crippen LogP contribution in [-0.4, -0.2) is 36.5 Å². The van der Waals surface area contributed by atoms with E-state index in [1.54, 1.807) is 0 Å². The molecule has 2 rings (SSSR count). The van der Waals surface area contributed by atoms with Crippen molar-refractivity contribution in [3.8, 4) is 0 Å². The average molecular weight is 390 g/mol. The zero-order valence-electron chi connectivity index (χ0n) is 11.0. The molecule has 1 amide bonds. The van der Waals surface area contributed by atoms with Crippen LogP contribution in [0.3, 0.4) is 0 Å². The molecule has 1 saturated heterocycles. The van der Waals surface area contributed by atoms with Gasteiger partial charge in [-0.2, -0.15) is 0 Å². The normalized spacial score (nSPS) is 20.3. The number of nitrogens with one attached hydrogen (secondary N) is 1. The van der Waals surface area contributed by atoms with Crippen molar-refractivity contribution < 1.29 is 4.79 Å². The van der Waals surface area contributed by atoms with Crippen LogP contribution < -0.4 is 5.32 Å². The summed E-state index contributed by atoms with van der Waals surface area (Å²) >= 11 is 6.83. The molecule has 5 heteroatoms. The van der Waals surface area contributed by atoms with E-state index in [9.17, 15) is 4.79 Å². The second-order valence-corrected chi connectivity index (χ2v) is 6.60. The van der Waals surface area contributed by atoms with Gasteiger partial charge in [0.25, 0.3) is 5.91 Å². The van der Waals surface area contributed by atoms with Gasteiger partial charge in [0.15, 0.2) is 0 Å². The molecule has 1 heterocycles. The number of piperidine rings is 1. The van der Waals surface area contributed by atoms with E-state index in [4.69, 9.17) is 0 Å². The van der Waals surface area contributed by atoms with Gasteiger partial charge in [-0.3, -0.25) is 4.79 Å². The molecule has 1 aliphatic heterocycles. The van der Waals surface area contributed by atoms with Crippen LogP contribution in [0.4, 0.5) is 0 Å². The summed E-state index contributed by atoms with van der Waals surface area (Å²) in [5.41, 5.74) is 0.683. The van der Waals surface area contributed by atoms with E-state index in [2.05, 4.69) is 49.0 Å². The highest BCUT2D eigenvalue weighted by Crippen LogP contribution is 2.22. The standard InChI is InChI=1S/C14H18Br2N2O/c1-2-18-7-3-4-11(9-18)17-14(19)12-8-10(15)5-6-13(12)16/h5-6,8,11H,2-4,7,9H2,1H3,(H,17,19). The first-order valence-electron chi connectivity index (χ1n) is 6.58. The third kappa shape index (κ3) is 4.04. The van der Waals surface area contributed by atoms with Gasteiger partial charge in [-0.25, -0.2) is 0 Å². The lowest BCUT2D eigenvalue weighted by molar-refractivity contribution is 0.0905. The number of hydrogen-bond acceptors (Lipinski definition) is 2. The van der Waals surface area contributed by atoms with E-state index in [-0.39, 0.29) is 11.9 Å². The molecule has 1 aromatic rings. The third-order valence-electron chi connectivity index (χ3n) is 3.46. The number of likely N-dealkylation sites (tertiary alicyclic amines) is 1. The van der Waals surface area contributed by atoms with Crippen LogP contribution in [0.2, 0.25) is 0 Å². The van der Waals surface area contributed by atoms with Gasteiger partial charge in [0.1, 0.15) is 0 Å². The minimum atomic E-state index is -0.00359. The van der Waals surface area contributed by atoms with Crippen molar-refractivity contribution in [2.45, 2.75) is 25.8 Å². The Morgan fingerprint density at radius 3 is 3.00 bits per heavy atom. The number of benzene rings is 1. The Bertz CT molecular complexity index is 465. The van der Waals surface area contributed by atoms with Crippen molar-refractivity contribution in [3.63, 3.8) is 0 Å². The minimum Gasteiger partial charge on any atom is -0.348 e. The second-order valence-electron chi connectivity index (χ2n) is 4.83. The molecule has 0 radical (unpaired) electrons. The molecule has 1 fully saturated rings. The summed E-state index contributed by atoms with van der Waals surface area (Å²) in [4.78, 5) is 14.7. The van der Waals surface area contributed by atoms with Gasteiger partial charge in [0, 0.05) is 21.5 Å². The van der Waals surface area contributed by atoms with Crippen LogP contribution in [0.1, 0.15) is 30.1 Å². The fourth-order valence-electron chi connectivity index (χ4n) is 2.40. The Balaban J connectivity index is 2.02. The van der Waals surface area contributed by atoms with Gasteiger partial charge in [0.2, 0.25) is 0 Å². The number of amides is 1. The highest BCUT2D eigenvalue weighted by atomic mass is 79.9. The fourth-order valence-corrected chi connectivity index (χ4v) is 3.18. The molecular formula is C14H18Br2N2O. The first-order chi connectivity index (χ1) is 9.10. The number of halogens is 2. The van der Waals surface area contributed by atoms with E-state index in [1.807, 2.05) is 18.2 Å². The largest absolute Gasteiger partial charge is 0.348 e. The lowest BCUT2D eigenvalue weighted by Crippen LogP contribution is -2.47. The summed E-state index contributed by atoms with van der Waals surface area (Å²) in [7, 11) is 0. The summed E-state index contributed by atoms with van der Waals surface area (Å²) in [5, 5.41) is 3.14. The SMILES string of the molecule is CCN1CCCC(NC(=O)c2cc(Br)ccc2Br)C1. The molecule has 0 saturated carbocycles. The first kappa shape index (κ1) is 15.0. The number of carbonyl (C=O) groups excluding carboxylic acids is 1. The Morgan fingerprint density at radius 1 is 1.47 bits per heavy atom. The summed E-state index contributed by atoms with van der Waals surface area (Å²) in [6.45, 7) is 5.30. The molecule has 1 aromatic carbocycles. The van der Waals surface area contributed by atoms with Crippen LogP contribution in [-0.2, 0) is 0 Å². The van der Waals surface area contributed by atoms with Crippen molar-refractivity contribution in [3.05, 3.63) is 32.7 Å². The minimum absolute atomic E-state index is 0.00359. The monoisotopic (exact) mass is 388 g/mol. The second kappa shape index (κ2) is 6.86. The van der Waals surface area contributed by atoms with Crippen LogP contribution >= 0.6 is 31.9 Å². The molecule has 3 nitrogen and oxygen atoms in total. The first-order valence-corrected chi connectivity index (χ1v) is 8.17. The van der Waals surface area contributed by atoms with Gasteiger partial charge in [-0.05, 0) is 60.1 Å². The maximum absolute atomic E-state index is 12.3. The Morgan fingerprint density at radius 2 is 2.26 bits per heavy atom. The van der Waals surface area contributed by atoms with Crippen LogP contribution in [0.5, 0.6) is 0 Å². The topological polar surface area (TPSA) is 32.3 Å². The summed E-state index contributed by atoms with van der Waals surface area (Å²) in [6.07, 6.45) is 2.21. The summed E-state index contributed by atoms with van der Waals surface area (Å²) in [6, 6.07) is 5.91. The van der Waals surface area contributed by atoms with Crippen molar-refractivity contribution in [1.82, 2.24) is 10.2 Å². The van der Waals surface area contributed by atoms with Crippen molar-refractivity contribution >= 4 is 37.8 Å². The van der Waals surface area contributed by atoms with Crippen LogP contribution in [0, 0.1) is 0 Å². The van der Waals surface area contributed by atoms with Gasteiger partial charge in [0.05, 0.1) is 5.56 Å². The average Bonchev–Trinajstić information content (AvgIpc) is 2.41. The van der Waals surface area contributed by atoms with Gasteiger partial charge in [-0.1, -0.05) is 22.9 Å². The fraction of sp³-hybridized carbons (Fsp3) is 0.500. The highest BCUT2D eigenvalue weighted by molar-refractivity contribution is 9.11. The predicted molar refractivity (Wildman–Crippen MR) is 84.4 cm³/mol. The molecule has 1 atom stereocenters. The molecule has 1 aliphatic rings. The number of hydrogen-bond donors (Lipinski definition) is 1. The lowest BCUT2D eigenvalue weighted by Gasteiger charge is -2.32. The van der Waals surface area contributed by atoms with Crippen molar-refractivity contribution in [2.75, 3.05) is 19.6 Å². The molecular weight excluding hydrogens is 372 g/mol. The van der Waals surface area contributed by atoms with Gasteiger partial charge in [-0.15, -0.1) is 0 Å². The maximum Gasteiger partial charge on any atom is 0.252 e. The van der Waals surface area contributed by atoms with Crippen molar-refractivity contribution in [1.29, 1.82) is 0 Å². The Hall–Kier alpha value is -0.390. The molecule has 104 valence electrons. The zero-order chi connectivity index (χ0) is 13.8. The van der Waals surface area contributed by atoms with Crippen LogP contribution in [0.25, 0.3) is 0 Å². The van der Waals surface area contributed by atoms with Crippen molar-refractivity contribution in [2.24, 2.45) is 0 Å². The predicted octanol–water partition coefficient (Wildman–Crippen LogP) is 3.43. The molecule has 1 unspecified atom stereocenters. The van der Waals surface area contributed by atoms with E-state index in [0.717, 1.165) is 41.4 Å². The number of nitrogens with zero attached hydrogens (tertiary/aromatic N) is 1. The van der Waals surface area contributed by atoms with E-state index in [0.29, 0.717) is 5.56 Å². The summed E-state index contributed by atoms with van der Waals surface area (Å²) < 4.78 is 1.75.